The largest absolute Gasteiger partial charge is 0.316 e. The molecule has 1 aromatic heterocycles. The van der Waals surface area contributed by atoms with Crippen LogP contribution in [-0.2, 0) is 6.54 Å². The lowest BCUT2D eigenvalue weighted by Crippen LogP contribution is -2.34. The van der Waals surface area contributed by atoms with E-state index < -0.39 is 0 Å². The van der Waals surface area contributed by atoms with E-state index in [4.69, 9.17) is 0 Å². The summed E-state index contributed by atoms with van der Waals surface area (Å²) >= 11 is 3.73. The Morgan fingerprint density at radius 1 is 1.43 bits per heavy atom. The lowest BCUT2D eigenvalue weighted by molar-refractivity contribution is 0.231. The molecule has 3 unspecified atom stereocenters. The van der Waals surface area contributed by atoms with Crippen molar-refractivity contribution in [1.29, 1.82) is 0 Å². The highest BCUT2D eigenvalue weighted by atomic mass is 79.9. The Hall–Kier alpha value is -0.350. The van der Waals surface area contributed by atoms with Gasteiger partial charge in [0.15, 0.2) is 0 Å². The van der Waals surface area contributed by atoms with E-state index in [-0.39, 0.29) is 0 Å². The fourth-order valence-corrected chi connectivity index (χ4v) is 4.16. The van der Waals surface area contributed by atoms with Gasteiger partial charge >= 0.3 is 0 Å². The summed E-state index contributed by atoms with van der Waals surface area (Å²) in [6, 6.07) is 0. The van der Waals surface area contributed by atoms with Gasteiger partial charge in [0, 0.05) is 12.5 Å². The molecule has 0 saturated heterocycles. The Labute approximate surface area is 138 Å². The number of hydrogen-bond acceptors (Lipinski definition) is 2. The molecule has 1 aliphatic carbocycles. The van der Waals surface area contributed by atoms with Gasteiger partial charge in [-0.15, -0.1) is 0 Å². The average Bonchev–Trinajstić information content (AvgIpc) is 2.81. The maximum Gasteiger partial charge on any atom is 0.0635 e. The van der Waals surface area contributed by atoms with Gasteiger partial charge in [0.25, 0.3) is 0 Å². The zero-order valence-electron chi connectivity index (χ0n) is 13.9. The van der Waals surface area contributed by atoms with Crippen LogP contribution in [-0.4, -0.2) is 22.9 Å². The maximum atomic E-state index is 4.53. The van der Waals surface area contributed by atoms with Gasteiger partial charge in [-0.1, -0.05) is 27.2 Å². The van der Waals surface area contributed by atoms with E-state index in [2.05, 4.69) is 58.7 Å². The first-order chi connectivity index (χ1) is 10.0. The molecule has 0 aromatic carbocycles. The molecule has 1 fully saturated rings. The number of aromatic nitrogens is 2. The van der Waals surface area contributed by atoms with Crippen LogP contribution < -0.4 is 5.32 Å². The van der Waals surface area contributed by atoms with E-state index in [1.807, 2.05) is 6.20 Å². The molecule has 0 radical (unpaired) electrons. The van der Waals surface area contributed by atoms with Gasteiger partial charge in [0.2, 0.25) is 0 Å². The molecule has 0 spiro atoms. The van der Waals surface area contributed by atoms with Gasteiger partial charge in [0.1, 0.15) is 0 Å². The van der Waals surface area contributed by atoms with Crippen LogP contribution in [0.3, 0.4) is 0 Å². The Morgan fingerprint density at radius 2 is 2.19 bits per heavy atom. The molecule has 3 atom stereocenters. The van der Waals surface area contributed by atoms with Crippen LogP contribution in [0.25, 0.3) is 0 Å². The fourth-order valence-electron chi connectivity index (χ4n) is 3.57. The molecule has 0 aliphatic heterocycles. The van der Waals surface area contributed by atoms with E-state index in [9.17, 15) is 0 Å². The van der Waals surface area contributed by atoms with E-state index in [0.29, 0.717) is 5.92 Å². The highest BCUT2D eigenvalue weighted by Gasteiger charge is 2.33. The number of rotatable bonds is 6. The molecule has 2 rings (SSSR count). The van der Waals surface area contributed by atoms with Crippen molar-refractivity contribution in [2.45, 2.75) is 59.4 Å². The van der Waals surface area contributed by atoms with Gasteiger partial charge in [-0.2, -0.15) is 5.10 Å². The van der Waals surface area contributed by atoms with Crippen LogP contribution in [0.2, 0.25) is 0 Å². The van der Waals surface area contributed by atoms with E-state index in [1.54, 1.807) is 0 Å². The van der Waals surface area contributed by atoms with Crippen LogP contribution in [0.5, 0.6) is 0 Å². The Morgan fingerprint density at radius 3 is 2.86 bits per heavy atom. The van der Waals surface area contributed by atoms with Crippen molar-refractivity contribution in [2.75, 3.05) is 13.1 Å². The third-order valence-corrected chi connectivity index (χ3v) is 5.31. The van der Waals surface area contributed by atoms with Crippen molar-refractivity contribution in [3.8, 4) is 0 Å². The van der Waals surface area contributed by atoms with E-state index >= 15 is 0 Å². The van der Waals surface area contributed by atoms with Crippen molar-refractivity contribution >= 4 is 15.9 Å². The summed E-state index contributed by atoms with van der Waals surface area (Å²) in [4.78, 5) is 0. The third kappa shape index (κ3) is 4.32. The molecule has 0 amide bonds. The summed E-state index contributed by atoms with van der Waals surface area (Å²) in [6.07, 6.45) is 5.95. The quantitative estimate of drug-likeness (QED) is 0.817. The highest BCUT2D eigenvalue weighted by Crippen LogP contribution is 2.42. The van der Waals surface area contributed by atoms with Gasteiger partial charge in [0.05, 0.1) is 16.4 Å². The predicted molar refractivity (Wildman–Crippen MR) is 92.6 cm³/mol. The molecule has 1 aromatic rings. The molecule has 1 heterocycles. The van der Waals surface area contributed by atoms with Crippen molar-refractivity contribution in [2.24, 2.45) is 17.8 Å². The molecular weight excluding hydrogens is 326 g/mol. The Bertz CT molecular complexity index is 441. The number of nitrogens with one attached hydrogen (secondary N) is 1. The van der Waals surface area contributed by atoms with Crippen LogP contribution in [0, 0.1) is 17.8 Å². The zero-order valence-corrected chi connectivity index (χ0v) is 15.5. The van der Waals surface area contributed by atoms with Crippen molar-refractivity contribution in [3.63, 3.8) is 0 Å². The molecule has 1 saturated carbocycles. The van der Waals surface area contributed by atoms with E-state index in [0.717, 1.165) is 37.4 Å². The molecule has 21 heavy (non-hydrogen) atoms. The number of nitrogens with zero attached hydrogens (tertiary/aromatic N) is 2. The smallest absolute Gasteiger partial charge is 0.0635 e. The Balaban J connectivity index is 2.12. The zero-order chi connectivity index (χ0) is 15.4. The molecular formula is C17H30BrN3. The summed E-state index contributed by atoms with van der Waals surface area (Å²) in [7, 11) is 0. The topological polar surface area (TPSA) is 29.9 Å². The van der Waals surface area contributed by atoms with Gasteiger partial charge in [-0.05, 0) is 66.5 Å². The molecule has 4 heteroatoms. The van der Waals surface area contributed by atoms with Crippen molar-refractivity contribution < 1.29 is 0 Å². The molecule has 120 valence electrons. The van der Waals surface area contributed by atoms with E-state index in [1.165, 1.54) is 29.4 Å². The second kappa shape index (κ2) is 7.77. The van der Waals surface area contributed by atoms with Gasteiger partial charge in [-0.3, -0.25) is 4.68 Å². The molecule has 3 nitrogen and oxygen atoms in total. The SMILES string of the molecule is CCn1ncc(Br)c1C1CC(C)CCC1CNCC(C)C. The second-order valence-electron chi connectivity index (χ2n) is 7.03. The highest BCUT2D eigenvalue weighted by molar-refractivity contribution is 9.10. The van der Waals surface area contributed by atoms with Gasteiger partial charge in [-0.25, -0.2) is 0 Å². The normalized spacial score (nSPS) is 26.5. The summed E-state index contributed by atoms with van der Waals surface area (Å²) in [5, 5.41) is 8.20. The lowest BCUT2D eigenvalue weighted by Gasteiger charge is -2.36. The predicted octanol–water partition coefficient (Wildman–Crippen LogP) is 4.43. The van der Waals surface area contributed by atoms with Crippen LogP contribution in [0.1, 0.15) is 58.6 Å². The Kier molecular flexibility index (Phi) is 6.30. The van der Waals surface area contributed by atoms with Crippen LogP contribution >= 0.6 is 15.9 Å². The summed E-state index contributed by atoms with van der Waals surface area (Å²) in [5.41, 5.74) is 1.42. The average molecular weight is 356 g/mol. The standard InChI is InChI=1S/C17H30BrN3/c1-5-21-17(16(18)11-20-21)15-8-13(4)6-7-14(15)10-19-9-12(2)3/h11-15,19H,5-10H2,1-4H3. The molecule has 1 aliphatic rings. The number of aryl methyl sites for hydroxylation is 1. The van der Waals surface area contributed by atoms with Gasteiger partial charge < -0.3 is 5.32 Å². The minimum atomic E-state index is 0.630. The minimum absolute atomic E-state index is 0.630. The van der Waals surface area contributed by atoms with Crippen molar-refractivity contribution in [1.82, 2.24) is 15.1 Å². The first-order valence-electron chi connectivity index (χ1n) is 8.44. The van der Waals surface area contributed by atoms with Crippen LogP contribution in [0.4, 0.5) is 0 Å². The fraction of sp³-hybridized carbons (Fsp3) is 0.824. The summed E-state index contributed by atoms with van der Waals surface area (Å²) in [6.45, 7) is 12.3. The van der Waals surface area contributed by atoms with Crippen molar-refractivity contribution in [3.05, 3.63) is 16.4 Å². The maximum absolute atomic E-state index is 4.53. The first kappa shape index (κ1) is 17.0. The summed E-state index contributed by atoms with van der Waals surface area (Å²) < 4.78 is 3.37. The monoisotopic (exact) mass is 355 g/mol. The molecule has 1 N–H and O–H groups in total. The third-order valence-electron chi connectivity index (χ3n) is 4.70. The summed E-state index contributed by atoms with van der Waals surface area (Å²) in [5.74, 6) is 2.91. The number of hydrogen-bond donors (Lipinski definition) is 1. The second-order valence-corrected chi connectivity index (χ2v) is 7.88. The number of halogens is 1. The first-order valence-corrected chi connectivity index (χ1v) is 9.24. The lowest BCUT2D eigenvalue weighted by atomic mass is 9.73. The van der Waals surface area contributed by atoms with Crippen LogP contribution in [0.15, 0.2) is 10.7 Å². The molecule has 0 bridgehead atoms. The minimum Gasteiger partial charge on any atom is -0.316 e.